The molecule has 2 fully saturated rings. The number of anilines is 1. The van der Waals surface area contributed by atoms with Crippen molar-refractivity contribution in [2.45, 2.75) is 6.54 Å². The smallest absolute Gasteiger partial charge is 0.331 e. The van der Waals surface area contributed by atoms with Crippen molar-refractivity contribution in [3.63, 3.8) is 0 Å². The second-order valence-electron chi connectivity index (χ2n) is 6.48. The molecule has 0 spiro atoms. The Hall–Kier alpha value is -3.39. The van der Waals surface area contributed by atoms with Crippen molar-refractivity contribution in [1.82, 2.24) is 10.2 Å². The van der Waals surface area contributed by atoms with Crippen molar-refractivity contribution in [2.75, 3.05) is 31.2 Å². The third-order valence-corrected chi connectivity index (χ3v) is 4.66. The van der Waals surface area contributed by atoms with Crippen molar-refractivity contribution in [3.8, 4) is 0 Å². The van der Waals surface area contributed by atoms with Crippen molar-refractivity contribution < 1.29 is 23.5 Å². The van der Waals surface area contributed by atoms with Crippen LogP contribution < -0.4 is 10.2 Å². The highest BCUT2D eigenvalue weighted by molar-refractivity contribution is 6.30. The summed E-state index contributed by atoms with van der Waals surface area (Å²) >= 11 is 0. The molecule has 2 aliphatic rings. The molecule has 8 nitrogen and oxygen atoms in total. The number of hydrogen-bond donors (Lipinski definition) is 1. The summed E-state index contributed by atoms with van der Waals surface area (Å²) in [7, 11) is 0. The molecule has 28 heavy (non-hydrogen) atoms. The Morgan fingerprint density at radius 2 is 1.79 bits per heavy atom. The average molecular weight is 381 g/mol. The number of amides is 4. The highest BCUT2D eigenvalue weighted by atomic mass is 16.5. The SMILES string of the molecule is O=C1NC(=O)N(Cc2ccco2)C(=O)/C1=C\c1ccc(N2CCOCC2)cc1. The third kappa shape index (κ3) is 3.67. The van der Waals surface area contributed by atoms with Crippen LogP contribution in [-0.2, 0) is 20.9 Å². The van der Waals surface area contributed by atoms with Crippen LogP contribution in [0.4, 0.5) is 10.5 Å². The summed E-state index contributed by atoms with van der Waals surface area (Å²) in [6.07, 6.45) is 2.95. The Morgan fingerprint density at radius 3 is 2.46 bits per heavy atom. The summed E-state index contributed by atoms with van der Waals surface area (Å²) in [4.78, 5) is 40.1. The summed E-state index contributed by atoms with van der Waals surface area (Å²) in [6.45, 7) is 2.99. The Bertz CT molecular complexity index is 912. The highest BCUT2D eigenvalue weighted by Crippen LogP contribution is 2.20. The van der Waals surface area contributed by atoms with Gasteiger partial charge in [0, 0.05) is 18.8 Å². The van der Waals surface area contributed by atoms with Gasteiger partial charge in [-0.1, -0.05) is 12.1 Å². The summed E-state index contributed by atoms with van der Waals surface area (Å²) < 4.78 is 10.5. The maximum absolute atomic E-state index is 12.7. The third-order valence-electron chi connectivity index (χ3n) is 4.66. The number of carbonyl (C=O) groups is 3. The second kappa shape index (κ2) is 7.69. The first-order valence-corrected chi connectivity index (χ1v) is 8.96. The molecule has 3 heterocycles. The average Bonchev–Trinajstić information content (AvgIpc) is 3.23. The van der Waals surface area contributed by atoms with Gasteiger partial charge in [0.15, 0.2) is 0 Å². The van der Waals surface area contributed by atoms with E-state index < -0.39 is 17.8 Å². The van der Waals surface area contributed by atoms with E-state index in [1.54, 1.807) is 12.1 Å². The maximum Gasteiger partial charge on any atom is 0.331 e. The van der Waals surface area contributed by atoms with Gasteiger partial charge in [0.1, 0.15) is 11.3 Å². The number of ether oxygens (including phenoxy) is 1. The molecule has 0 bridgehead atoms. The number of furan rings is 1. The van der Waals surface area contributed by atoms with Gasteiger partial charge in [-0.15, -0.1) is 0 Å². The molecule has 1 aromatic carbocycles. The van der Waals surface area contributed by atoms with Crippen LogP contribution in [0.5, 0.6) is 0 Å². The van der Waals surface area contributed by atoms with Crippen LogP contribution in [0.1, 0.15) is 11.3 Å². The van der Waals surface area contributed by atoms with Crippen molar-refractivity contribution in [1.29, 1.82) is 0 Å². The van der Waals surface area contributed by atoms with E-state index >= 15 is 0 Å². The fourth-order valence-electron chi connectivity index (χ4n) is 3.17. The molecule has 1 aromatic heterocycles. The molecular formula is C20H19N3O5. The van der Waals surface area contributed by atoms with Gasteiger partial charge >= 0.3 is 6.03 Å². The van der Waals surface area contributed by atoms with Gasteiger partial charge < -0.3 is 14.1 Å². The van der Waals surface area contributed by atoms with E-state index in [1.807, 2.05) is 24.3 Å². The molecule has 1 N–H and O–H groups in total. The summed E-state index contributed by atoms with van der Waals surface area (Å²) in [5, 5.41) is 2.20. The Balaban J connectivity index is 1.54. The molecule has 8 heteroatoms. The van der Waals surface area contributed by atoms with Gasteiger partial charge in [-0.25, -0.2) is 4.79 Å². The number of carbonyl (C=O) groups excluding carboxylic acids is 3. The van der Waals surface area contributed by atoms with Crippen LogP contribution in [0, 0.1) is 0 Å². The molecule has 4 rings (SSSR count). The quantitative estimate of drug-likeness (QED) is 0.641. The lowest BCUT2D eigenvalue weighted by Crippen LogP contribution is -2.53. The van der Waals surface area contributed by atoms with Crippen LogP contribution in [-0.4, -0.2) is 49.0 Å². The van der Waals surface area contributed by atoms with E-state index in [-0.39, 0.29) is 12.1 Å². The second-order valence-corrected chi connectivity index (χ2v) is 6.48. The first-order valence-electron chi connectivity index (χ1n) is 8.96. The Labute approximate surface area is 161 Å². The molecule has 0 radical (unpaired) electrons. The monoisotopic (exact) mass is 381 g/mol. The Morgan fingerprint density at radius 1 is 1.04 bits per heavy atom. The van der Waals surface area contributed by atoms with Crippen molar-refractivity contribution in [3.05, 3.63) is 59.6 Å². The fraction of sp³-hybridized carbons (Fsp3) is 0.250. The zero-order valence-corrected chi connectivity index (χ0v) is 15.1. The molecule has 0 saturated carbocycles. The molecule has 144 valence electrons. The van der Waals surface area contributed by atoms with Crippen molar-refractivity contribution in [2.24, 2.45) is 0 Å². The number of barbiturate groups is 1. The standard InChI is InChI=1S/C20H19N3O5/c24-18-17(19(25)23(20(26)21-18)13-16-2-1-9-28-16)12-14-3-5-15(6-4-14)22-7-10-27-11-8-22/h1-6,9,12H,7-8,10-11,13H2,(H,21,24,26)/b17-12-. The predicted octanol–water partition coefficient (Wildman–Crippen LogP) is 1.78. The minimum absolute atomic E-state index is 0.0434. The lowest BCUT2D eigenvalue weighted by Gasteiger charge is -2.29. The summed E-state index contributed by atoms with van der Waals surface area (Å²) in [6, 6.07) is 10.1. The molecule has 2 aromatic rings. The van der Waals surface area contributed by atoms with E-state index in [0.29, 0.717) is 24.5 Å². The zero-order chi connectivity index (χ0) is 19.5. The summed E-state index contributed by atoms with van der Waals surface area (Å²) in [5.41, 5.74) is 1.66. The van der Waals surface area contributed by atoms with Gasteiger partial charge in [-0.3, -0.25) is 19.8 Å². The number of urea groups is 1. The number of nitrogens with one attached hydrogen (secondary N) is 1. The number of hydrogen-bond acceptors (Lipinski definition) is 6. The Kier molecular flexibility index (Phi) is 4.94. The first kappa shape index (κ1) is 18.0. The minimum Gasteiger partial charge on any atom is -0.467 e. The van der Waals surface area contributed by atoms with Gasteiger partial charge in [-0.05, 0) is 35.9 Å². The van der Waals surface area contributed by atoms with Crippen LogP contribution in [0.2, 0.25) is 0 Å². The number of morpholine rings is 1. The van der Waals surface area contributed by atoms with Crippen LogP contribution >= 0.6 is 0 Å². The van der Waals surface area contributed by atoms with E-state index in [0.717, 1.165) is 23.7 Å². The molecule has 0 unspecified atom stereocenters. The number of rotatable bonds is 4. The zero-order valence-electron chi connectivity index (χ0n) is 15.1. The van der Waals surface area contributed by atoms with Crippen LogP contribution in [0.3, 0.4) is 0 Å². The molecular weight excluding hydrogens is 362 g/mol. The molecule has 4 amide bonds. The van der Waals surface area contributed by atoms with Gasteiger partial charge in [-0.2, -0.15) is 0 Å². The fourth-order valence-corrected chi connectivity index (χ4v) is 3.17. The van der Waals surface area contributed by atoms with Gasteiger partial charge in [0.05, 0.1) is 26.0 Å². The highest BCUT2D eigenvalue weighted by Gasteiger charge is 2.36. The minimum atomic E-state index is -0.758. The number of nitrogens with zero attached hydrogens (tertiary/aromatic N) is 2. The van der Waals surface area contributed by atoms with E-state index in [9.17, 15) is 14.4 Å². The van der Waals surface area contributed by atoms with E-state index in [4.69, 9.17) is 9.15 Å². The van der Waals surface area contributed by atoms with Crippen molar-refractivity contribution >= 4 is 29.6 Å². The first-order chi connectivity index (χ1) is 13.6. The largest absolute Gasteiger partial charge is 0.467 e. The maximum atomic E-state index is 12.7. The normalized spacial score (nSPS) is 19.3. The molecule has 0 aliphatic carbocycles. The topological polar surface area (TPSA) is 92.1 Å². The van der Waals surface area contributed by atoms with Gasteiger partial charge in [0.25, 0.3) is 11.8 Å². The lowest BCUT2D eigenvalue weighted by molar-refractivity contribution is -0.130. The predicted molar refractivity (Wildman–Crippen MR) is 100 cm³/mol. The lowest BCUT2D eigenvalue weighted by atomic mass is 10.1. The molecule has 2 aliphatic heterocycles. The summed E-state index contributed by atoms with van der Waals surface area (Å²) in [5.74, 6) is -0.905. The van der Waals surface area contributed by atoms with Gasteiger partial charge in [0.2, 0.25) is 0 Å². The number of imide groups is 2. The van der Waals surface area contributed by atoms with Crippen LogP contribution in [0.25, 0.3) is 6.08 Å². The van der Waals surface area contributed by atoms with E-state index in [1.165, 1.54) is 12.3 Å². The number of benzene rings is 1. The molecule has 2 saturated heterocycles. The van der Waals surface area contributed by atoms with Crippen LogP contribution in [0.15, 0.2) is 52.7 Å². The van der Waals surface area contributed by atoms with E-state index in [2.05, 4.69) is 10.2 Å². The molecule has 0 atom stereocenters.